The van der Waals surface area contributed by atoms with Crippen LogP contribution in [0.5, 0.6) is 0 Å². The highest BCUT2D eigenvalue weighted by atomic mass is 35.5. The number of fused-ring (bicyclic) bond motifs is 1. The minimum Gasteiger partial charge on any atom is -0.359 e. The SMILES string of the molecule is CCN(CC)CCN1C(=O)[C@@H]2C(C(=O)Nc3ccc(C)c(Cl)c3)[C@@H]3C=C[C@]2(O3)C1C(=O)NC1CCCC(C)C1C. The number of likely N-dealkylation sites (tertiary alicyclic amines) is 1. The van der Waals surface area contributed by atoms with Gasteiger partial charge in [-0.1, -0.05) is 70.4 Å². The molecule has 2 bridgehead atoms. The summed E-state index contributed by atoms with van der Waals surface area (Å²) in [4.78, 5) is 45.9. The molecular weight excluding hydrogens is 528 g/mol. The molecule has 2 N–H and O–H groups in total. The highest BCUT2D eigenvalue weighted by Gasteiger charge is 2.72. The van der Waals surface area contributed by atoms with Gasteiger partial charge in [-0.3, -0.25) is 14.4 Å². The summed E-state index contributed by atoms with van der Waals surface area (Å²) in [6, 6.07) is 4.59. The molecule has 3 fully saturated rings. The minimum atomic E-state index is -1.16. The fraction of sp³-hybridized carbons (Fsp3) is 0.645. The lowest BCUT2D eigenvalue weighted by atomic mass is 9.73. The van der Waals surface area contributed by atoms with Crippen molar-refractivity contribution < 1.29 is 19.1 Å². The number of amides is 3. The van der Waals surface area contributed by atoms with Crippen LogP contribution in [-0.4, -0.2) is 77.5 Å². The monoisotopic (exact) mass is 570 g/mol. The quantitative estimate of drug-likeness (QED) is 0.438. The summed E-state index contributed by atoms with van der Waals surface area (Å²) >= 11 is 6.29. The topological polar surface area (TPSA) is 91.0 Å². The summed E-state index contributed by atoms with van der Waals surface area (Å²) in [7, 11) is 0. The van der Waals surface area contributed by atoms with E-state index in [-0.39, 0.29) is 23.8 Å². The van der Waals surface area contributed by atoms with Crippen LogP contribution in [-0.2, 0) is 19.1 Å². The van der Waals surface area contributed by atoms with Crippen LogP contribution in [0.4, 0.5) is 5.69 Å². The number of rotatable bonds is 9. The molecule has 218 valence electrons. The van der Waals surface area contributed by atoms with Crippen molar-refractivity contribution in [2.24, 2.45) is 23.7 Å². The number of carbonyl (C=O) groups excluding carboxylic acids is 3. The zero-order valence-electron chi connectivity index (χ0n) is 24.3. The molecule has 4 aliphatic rings. The van der Waals surface area contributed by atoms with E-state index in [1.807, 2.05) is 25.1 Å². The molecule has 40 heavy (non-hydrogen) atoms. The van der Waals surface area contributed by atoms with Crippen molar-refractivity contribution in [3.63, 3.8) is 0 Å². The molecule has 1 saturated carbocycles. The number of carbonyl (C=O) groups is 3. The average Bonchev–Trinajstić information content (AvgIpc) is 3.57. The number of nitrogens with one attached hydrogen (secondary N) is 2. The highest BCUT2D eigenvalue weighted by molar-refractivity contribution is 6.31. The number of ether oxygens (including phenoxy) is 1. The van der Waals surface area contributed by atoms with E-state index in [4.69, 9.17) is 16.3 Å². The van der Waals surface area contributed by atoms with Crippen LogP contribution in [0.1, 0.15) is 52.5 Å². The number of halogens is 1. The molecule has 1 aromatic rings. The maximum Gasteiger partial charge on any atom is 0.246 e. The Hall–Kier alpha value is -2.42. The predicted molar refractivity (Wildman–Crippen MR) is 156 cm³/mol. The van der Waals surface area contributed by atoms with Gasteiger partial charge in [0.25, 0.3) is 0 Å². The summed E-state index contributed by atoms with van der Waals surface area (Å²) in [5, 5.41) is 6.83. The Kier molecular flexibility index (Phi) is 8.33. The second-order valence-electron chi connectivity index (χ2n) is 12.1. The summed E-state index contributed by atoms with van der Waals surface area (Å²) in [5.41, 5.74) is 0.320. The van der Waals surface area contributed by atoms with Crippen molar-refractivity contribution in [3.05, 3.63) is 40.9 Å². The first-order chi connectivity index (χ1) is 19.1. The lowest BCUT2D eigenvalue weighted by molar-refractivity contribution is -0.141. The predicted octanol–water partition coefficient (Wildman–Crippen LogP) is 4.02. The number of anilines is 1. The van der Waals surface area contributed by atoms with Crippen molar-refractivity contribution >= 4 is 35.0 Å². The smallest absolute Gasteiger partial charge is 0.246 e. The Morgan fingerprint density at radius 3 is 2.62 bits per heavy atom. The Labute approximate surface area is 242 Å². The van der Waals surface area contributed by atoms with Crippen molar-refractivity contribution in [3.8, 4) is 0 Å². The van der Waals surface area contributed by atoms with E-state index in [9.17, 15) is 14.4 Å². The fourth-order valence-corrected chi connectivity index (χ4v) is 7.42. The molecule has 9 heteroatoms. The van der Waals surface area contributed by atoms with Gasteiger partial charge < -0.3 is 25.2 Å². The van der Waals surface area contributed by atoms with Crippen molar-refractivity contribution in [2.75, 3.05) is 31.5 Å². The Balaban J connectivity index is 1.43. The second kappa shape index (κ2) is 11.5. The first-order valence-corrected chi connectivity index (χ1v) is 15.3. The van der Waals surface area contributed by atoms with E-state index in [0.29, 0.717) is 35.6 Å². The maximum absolute atomic E-state index is 14.2. The minimum absolute atomic E-state index is 0.0550. The molecule has 2 saturated heterocycles. The summed E-state index contributed by atoms with van der Waals surface area (Å²) in [6.07, 6.45) is 6.33. The summed E-state index contributed by atoms with van der Waals surface area (Å²) in [6.45, 7) is 13.3. The third-order valence-corrected chi connectivity index (χ3v) is 10.4. The lowest BCUT2D eigenvalue weighted by Crippen LogP contribution is -2.58. The standard InChI is InChI=1S/C31H43ClN4O4/c1-6-35(7-2)15-16-36-27(29(38)34-23-10-8-9-18(3)20(23)5)31-14-13-24(40-31)25(26(31)30(36)39)28(37)33-21-12-11-19(4)22(32)17-21/h11-14,17-18,20,23-27H,6-10,15-16H2,1-5H3,(H,33,37)(H,34,38)/t18?,20?,23?,24-,25?,26-,27?,31+/m0/s1. The molecule has 1 spiro atoms. The van der Waals surface area contributed by atoms with Crippen LogP contribution in [0.3, 0.4) is 0 Å². The fourth-order valence-electron chi connectivity index (χ4n) is 7.24. The van der Waals surface area contributed by atoms with Gasteiger partial charge in [-0.05, 0) is 56.0 Å². The van der Waals surface area contributed by atoms with Gasteiger partial charge in [0.15, 0.2) is 0 Å². The van der Waals surface area contributed by atoms with E-state index in [2.05, 4.69) is 43.2 Å². The number of nitrogens with zero attached hydrogens (tertiary/aromatic N) is 2. The van der Waals surface area contributed by atoms with Gasteiger partial charge in [0.2, 0.25) is 17.7 Å². The number of likely N-dealkylation sites (N-methyl/N-ethyl adjacent to an activating group) is 1. The normalized spacial score (nSPS) is 34.4. The Morgan fingerprint density at radius 1 is 1.18 bits per heavy atom. The Bertz CT molecular complexity index is 1190. The number of benzene rings is 1. The molecule has 8 atom stereocenters. The van der Waals surface area contributed by atoms with Gasteiger partial charge >= 0.3 is 0 Å². The first-order valence-electron chi connectivity index (χ1n) is 14.9. The van der Waals surface area contributed by atoms with Gasteiger partial charge in [0, 0.05) is 29.8 Å². The number of aryl methyl sites for hydroxylation is 1. The van der Waals surface area contributed by atoms with E-state index in [1.54, 1.807) is 17.0 Å². The van der Waals surface area contributed by atoms with Crippen LogP contribution in [0, 0.1) is 30.6 Å². The zero-order chi connectivity index (χ0) is 28.8. The van der Waals surface area contributed by atoms with Gasteiger partial charge in [0.1, 0.15) is 11.6 Å². The second-order valence-corrected chi connectivity index (χ2v) is 12.5. The largest absolute Gasteiger partial charge is 0.359 e. The Morgan fingerprint density at radius 2 is 1.93 bits per heavy atom. The molecule has 8 nitrogen and oxygen atoms in total. The van der Waals surface area contributed by atoms with Crippen molar-refractivity contribution in [2.45, 2.75) is 77.7 Å². The molecule has 5 rings (SSSR count). The summed E-state index contributed by atoms with van der Waals surface area (Å²) < 4.78 is 6.49. The van der Waals surface area contributed by atoms with Gasteiger partial charge in [-0.15, -0.1) is 0 Å². The molecule has 0 radical (unpaired) electrons. The molecule has 1 aliphatic carbocycles. The van der Waals surface area contributed by atoms with E-state index in [1.165, 1.54) is 0 Å². The average molecular weight is 571 g/mol. The first kappa shape index (κ1) is 29.1. The summed E-state index contributed by atoms with van der Waals surface area (Å²) in [5.74, 6) is -1.30. The molecule has 5 unspecified atom stereocenters. The van der Waals surface area contributed by atoms with Crippen LogP contribution >= 0.6 is 11.6 Å². The van der Waals surface area contributed by atoms with Crippen LogP contribution < -0.4 is 10.6 Å². The van der Waals surface area contributed by atoms with E-state index in [0.717, 1.165) is 37.9 Å². The van der Waals surface area contributed by atoms with E-state index < -0.39 is 29.6 Å². The molecule has 3 heterocycles. The number of hydrogen-bond donors (Lipinski definition) is 2. The van der Waals surface area contributed by atoms with Crippen LogP contribution in [0.25, 0.3) is 0 Å². The third kappa shape index (κ3) is 4.96. The van der Waals surface area contributed by atoms with E-state index >= 15 is 0 Å². The van der Waals surface area contributed by atoms with Crippen molar-refractivity contribution in [1.29, 1.82) is 0 Å². The molecule has 1 aromatic carbocycles. The van der Waals surface area contributed by atoms with Crippen LogP contribution in [0.15, 0.2) is 30.4 Å². The molecule has 0 aromatic heterocycles. The number of hydrogen-bond acceptors (Lipinski definition) is 5. The highest BCUT2D eigenvalue weighted by Crippen LogP contribution is 2.55. The maximum atomic E-state index is 14.2. The third-order valence-electron chi connectivity index (χ3n) is 9.95. The molecule has 3 amide bonds. The van der Waals surface area contributed by atoms with Crippen LogP contribution in [0.2, 0.25) is 5.02 Å². The molecule has 3 aliphatic heterocycles. The van der Waals surface area contributed by atoms with Gasteiger partial charge in [-0.2, -0.15) is 0 Å². The van der Waals surface area contributed by atoms with Gasteiger partial charge in [-0.25, -0.2) is 0 Å². The zero-order valence-corrected chi connectivity index (χ0v) is 25.0. The molecular formula is C31H43ClN4O4. The van der Waals surface area contributed by atoms with Crippen molar-refractivity contribution in [1.82, 2.24) is 15.1 Å². The lowest BCUT2D eigenvalue weighted by Gasteiger charge is -2.38. The van der Waals surface area contributed by atoms with Gasteiger partial charge in [0.05, 0.1) is 17.9 Å².